The van der Waals surface area contributed by atoms with E-state index in [1.807, 2.05) is 36.3 Å². The van der Waals surface area contributed by atoms with Crippen LogP contribution in [0.1, 0.15) is 12.5 Å². The van der Waals surface area contributed by atoms with E-state index in [1.54, 1.807) is 6.20 Å². The van der Waals surface area contributed by atoms with Gasteiger partial charge in [-0.3, -0.25) is 14.4 Å². The van der Waals surface area contributed by atoms with Gasteiger partial charge in [-0.1, -0.05) is 0 Å². The minimum absolute atomic E-state index is 0.0319. The fraction of sp³-hybridized carbons (Fsp3) is 0.533. The van der Waals surface area contributed by atoms with Gasteiger partial charge < -0.3 is 10.1 Å². The van der Waals surface area contributed by atoms with E-state index in [0.29, 0.717) is 24.8 Å². The van der Waals surface area contributed by atoms with Crippen LogP contribution < -0.4 is 5.32 Å². The maximum absolute atomic E-state index is 12.3. The first-order valence-corrected chi connectivity index (χ1v) is 8.55. The summed E-state index contributed by atoms with van der Waals surface area (Å²) in [6.45, 7) is 6.73. The molecule has 0 aromatic carbocycles. The molecule has 3 heterocycles. The van der Waals surface area contributed by atoms with Gasteiger partial charge in [-0.15, -0.1) is 11.3 Å². The number of hydrogen-bond donors (Lipinski definition) is 1. The molecule has 1 aliphatic rings. The second kappa shape index (κ2) is 7.20. The number of aromatic nitrogens is 3. The molecular formula is C15H21N5O2S. The molecule has 1 amide bonds. The molecule has 1 N–H and O–H groups in total. The molecule has 0 saturated carbocycles. The van der Waals surface area contributed by atoms with Crippen LogP contribution in [0, 0.1) is 6.92 Å². The van der Waals surface area contributed by atoms with Crippen molar-refractivity contribution in [3.63, 3.8) is 0 Å². The molecule has 0 spiro atoms. The second-order valence-corrected chi connectivity index (χ2v) is 6.62. The van der Waals surface area contributed by atoms with Gasteiger partial charge in [-0.2, -0.15) is 5.10 Å². The van der Waals surface area contributed by atoms with Crippen LogP contribution in [-0.4, -0.2) is 57.4 Å². The highest BCUT2D eigenvalue weighted by molar-refractivity contribution is 7.13. The number of morpholine rings is 1. The Morgan fingerprint density at radius 2 is 2.48 bits per heavy atom. The second-order valence-electron chi connectivity index (χ2n) is 5.73. The fourth-order valence-electron chi connectivity index (χ4n) is 2.64. The number of hydrogen-bond acceptors (Lipinski definition) is 6. The van der Waals surface area contributed by atoms with Gasteiger partial charge >= 0.3 is 0 Å². The number of ether oxygens (including phenoxy) is 1. The standard InChI is InChI=1S/C15H21N5O2S/c1-11-7-17-20(8-11)10-13-9-19(4-5-22-13)12(2)14(21)18-15-16-3-6-23-15/h3,6-8,12-13H,4-5,9-10H2,1-2H3,(H,16,18,21)/t12-,13-/m1/s1. The van der Waals surface area contributed by atoms with Crippen LogP contribution in [0.5, 0.6) is 0 Å². The molecule has 0 radical (unpaired) electrons. The molecule has 2 aromatic heterocycles. The summed E-state index contributed by atoms with van der Waals surface area (Å²) < 4.78 is 7.71. The number of rotatable bonds is 5. The summed E-state index contributed by atoms with van der Waals surface area (Å²) in [7, 11) is 0. The molecule has 3 rings (SSSR count). The molecule has 0 aliphatic carbocycles. The Hall–Kier alpha value is -1.77. The average molecular weight is 335 g/mol. The lowest BCUT2D eigenvalue weighted by Crippen LogP contribution is -2.51. The molecule has 2 atom stereocenters. The van der Waals surface area contributed by atoms with Crippen molar-refractivity contribution in [3.8, 4) is 0 Å². The molecule has 124 valence electrons. The smallest absolute Gasteiger partial charge is 0.243 e. The zero-order valence-electron chi connectivity index (χ0n) is 13.3. The van der Waals surface area contributed by atoms with Gasteiger partial charge in [0, 0.05) is 30.9 Å². The highest BCUT2D eigenvalue weighted by Gasteiger charge is 2.28. The van der Waals surface area contributed by atoms with E-state index in [2.05, 4.69) is 20.3 Å². The molecule has 2 aromatic rings. The molecule has 23 heavy (non-hydrogen) atoms. The number of carbonyl (C=O) groups excluding carboxylic acids is 1. The Bertz CT molecular complexity index is 642. The maximum atomic E-state index is 12.3. The van der Waals surface area contributed by atoms with Gasteiger partial charge in [0.15, 0.2) is 5.13 Å². The largest absolute Gasteiger partial charge is 0.374 e. The van der Waals surface area contributed by atoms with Gasteiger partial charge in [-0.25, -0.2) is 4.98 Å². The van der Waals surface area contributed by atoms with Crippen LogP contribution in [0.25, 0.3) is 0 Å². The highest BCUT2D eigenvalue weighted by atomic mass is 32.1. The molecular weight excluding hydrogens is 314 g/mol. The van der Waals surface area contributed by atoms with Crippen molar-refractivity contribution >= 4 is 22.4 Å². The lowest BCUT2D eigenvalue weighted by atomic mass is 10.2. The van der Waals surface area contributed by atoms with E-state index < -0.39 is 0 Å². The summed E-state index contributed by atoms with van der Waals surface area (Å²) in [4.78, 5) is 18.6. The van der Waals surface area contributed by atoms with E-state index in [4.69, 9.17) is 4.74 Å². The summed E-state index contributed by atoms with van der Waals surface area (Å²) in [6, 6.07) is -0.218. The summed E-state index contributed by atoms with van der Waals surface area (Å²) in [5.41, 5.74) is 1.13. The van der Waals surface area contributed by atoms with Crippen molar-refractivity contribution in [2.45, 2.75) is 32.5 Å². The molecule has 0 bridgehead atoms. The van der Waals surface area contributed by atoms with E-state index in [9.17, 15) is 4.79 Å². The van der Waals surface area contributed by atoms with Gasteiger partial charge in [0.05, 0.1) is 31.5 Å². The third-order valence-corrected chi connectivity index (χ3v) is 4.60. The van der Waals surface area contributed by atoms with Crippen LogP contribution in [0.3, 0.4) is 0 Å². The maximum Gasteiger partial charge on any atom is 0.243 e. The van der Waals surface area contributed by atoms with Crippen molar-refractivity contribution < 1.29 is 9.53 Å². The van der Waals surface area contributed by atoms with Gasteiger partial charge in [0.1, 0.15) is 0 Å². The zero-order chi connectivity index (χ0) is 16.2. The Balaban J connectivity index is 1.55. The van der Waals surface area contributed by atoms with Crippen LogP contribution >= 0.6 is 11.3 Å². The highest BCUT2D eigenvalue weighted by Crippen LogP contribution is 2.15. The normalized spacial score (nSPS) is 20.3. The first kappa shape index (κ1) is 16.1. The van der Waals surface area contributed by atoms with Gasteiger partial charge in [0.25, 0.3) is 0 Å². The predicted molar refractivity (Wildman–Crippen MR) is 88.5 cm³/mol. The summed E-state index contributed by atoms with van der Waals surface area (Å²) in [6.07, 6.45) is 5.56. The lowest BCUT2D eigenvalue weighted by Gasteiger charge is -2.35. The quantitative estimate of drug-likeness (QED) is 0.894. The van der Waals surface area contributed by atoms with Crippen LogP contribution in [0.15, 0.2) is 24.0 Å². The molecule has 1 aliphatic heterocycles. The number of carbonyl (C=O) groups is 1. The van der Waals surface area contributed by atoms with E-state index in [0.717, 1.165) is 12.1 Å². The number of nitrogens with zero attached hydrogens (tertiary/aromatic N) is 4. The molecule has 7 nitrogen and oxygen atoms in total. The number of thiazole rings is 1. The van der Waals surface area contributed by atoms with Gasteiger partial charge in [0.2, 0.25) is 5.91 Å². The van der Waals surface area contributed by atoms with E-state index in [1.165, 1.54) is 11.3 Å². The van der Waals surface area contributed by atoms with Crippen molar-refractivity contribution in [3.05, 3.63) is 29.5 Å². The number of anilines is 1. The Morgan fingerprint density at radius 3 is 3.17 bits per heavy atom. The number of nitrogens with one attached hydrogen (secondary N) is 1. The molecule has 0 unspecified atom stereocenters. The Kier molecular flexibility index (Phi) is 5.04. The number of amides is 1. The summed E-state index contributed by atoms with van der Waals surface area (Å²) in [5, 5.41) is 9.63. The summed E-state index contributed by atoms with van der Waals surface area (Å²) >= 11 is 1.42. The van der Waals surface area contributed by atoms with Crippen LogP contribution in [0.4, 0.5) is 5.13 Å². The van der Waals surface area contributed by atoms with Crippen molar-refractivity contribution in [2.24, 2.45) is 0 Å². The number of aryl methyl sites for hydroxylation is 1. The third kappa shape index (κ3) is 4.15. The topological polar surface area (TPSA) is 72.3 Å². The third-order valence-electron chi connectivity index (χ3n) is 3.91. The van der Waals surface area contributed by atoms with Crippen LogP contribution in [-0.2, 0) is 16.1 Å². The Labute approximate surface area is 139 Å². The Morgan fingerprint density at radius 1 is 1.61 bits per heavy atom. The molecule has 1 fully saturated rings. The molecule has 8 heteroatoms. The first-order chi connectivity index (χ1) is 11.1. The van der Waals surface area contributed by atoms with E-state index >= 15 is 0 Å². The lowest BCUT2D eigenvalue weighted by molar-refractivity contribution is -0.124. The van der Waals surface area contributed by atoms with E-state index in [-0.39, 0.29) is 18.1 Å². The summed E-state index contributed by atoms with van der Waals surface area (Å²) in [5.74, 6) is -0.0319. The fourth-order valence-corrected chi connectivity index (χ4v) is 3.17. The van der Waals surface area contributed by atoms with Crippen molar-refractivity contribution in [1.29, 1.82) is 0 Å². The first-order valence-electron chi connectivity index (χ1n) is 7.67. The van der Waals surface area contributed by atoms with Crippen molar-refractivity contribution in [2.75, 3.05) is 25.0 Å². The van der Waals surface area contributed by atoms with Gasteiger partial charge in [-0.05, 0) is 19.4 Å². The minimum Gasteiger partial charge on any atom is -0.374 e. The SMILES string of the molecule is Cc1cnn(C[C@H]2CN([C@H](C)C(=O)Nc3nccs3)CCO2)c1. The molecule has 1 saturated heterocycles. The van der Waals surface area contributed by atoms with Crippen LogP contribution in [0.2, 0.25) is 0 Å². The average Bonchev–Trinajstić information content (AvgIpc) is 3.18. The monoisotopic (exact) mass is 335 g/mol. The minimum atomic E-state index is -0.218. The zero-order valence-corrected chi connectivity index (χ0v) is 14.1. The van der Waals surface area contributed by atoms with Crippen molar-refractivity contribution in [1.82, 2.24) is 19.7 Å². The predicted octanol–water partition coefficient (Wildman–Crippen LogP) is 1.38.